The Balaban J connectivity index is 2.11. The number of hydrogen-bond acceptors (Lipinski definition) is 2. The molecule has 0 saturated heterocycles. The highest BCUT2D eigenvalue weighted by Crippen LogP contribution is 2.11. The normalized spacial score (nSPS) is 10.2. The molecule has 1 N–H and O–H groups in total. The van der Waals surface area contributed by atoms with Crippen LogP contribution in [-0.4, -0.2) is 16.1 Å². The summed E-state index contributed by atoms with van der Waals surface area (Å²) in [5, 5.41) is 3.30. The Kier molecular flexibility index (Phi) is 3.02. The monoisotopic (exact) mass is 201 g/mol. The van der Waals surface area contributed by atoms with Gasteiger partial charge in [0.25, 0.3) is 0 Å². The van der Waals surface area contributed by atoms with E-state index in [1.165, 1.54) is 11.3 Å². The first-order valence-electron chi connectivity index (χ1n) is 5.17. The first kappa shape index (κ1) is 9.77. The Morgan fingerprint density at radius 1 is 1.40 bits per heavy atom. The standard InChI is InChI=1S/C12H15N3/c1-2-14-12-5-3-4-11(8-12)9-15-7-6-13-10-15/h3-8,10,14H,2,9H2,1H3. The maximum atomic E-state index is 4.02. The fraction of sp³-hybridized carbons (Fsp3) is 0.250. The smallest absolute Gasteiger partial charge is 0.0949 e. The molecule has 1 heterocycles. The van der Waals surface area contributed by atoms with Crippen molar-refractivity contribution in [2.45, 2.75) is 13.5 Å². The number of rotatable bonds is 4. The largest absolute Gasteiger partial charge is 0.385 e. The molecule has 1 aromatic heterocycles. The molecule has 0 fully saturated rings. The molecule has 0 unspecified atom stereocenters. The molecule has 2 aromatic rings. The summed E-state index contributed by atoms with van der Waals surface area (Å²) in [4.78, 5) is 4.02. The summed E-state index contributed by atoms with van der Waals surface area (Å²) in [6, 6.07) is 8.45. The first-order chi connectivity index (χ1) is 7.38. The van der Waals surface area contributed by atoms with E-state index in [4.69, 9.17) is 0 Å². The van der Waals surface area contributed by atoms with E-state index >= 15 is 0 Å². The van der Waals surface area contributed by atoms with Crippen LogP contribution in [0, 0.1) is 0 Å². The highest BCUT2D eigenvalue weighted by atomic mass is 15.0. The van der Waals surface area contributed by atoms with Crippen molar-refractivity contribution in [1.29, 1.82) is 0 Å². The van der Waals surface area contributed by atoms with Crippen LogP contribution in [0.4, 0.5) is 5.69 Å². The molecular weight excluding hydrogens is 186 g/mol. The van der Waals surface area contributed by atoms with Gasteiger partial charge in [-0.3, -0.25) is 0 Å². The van der Waals surface area contributed by atoms with E-state index in [-0.39, 0.29) is 0 Å². The molecule has 15 heavy (non-hydrogen) atoms. The number of aromatic nitrogens is 2. The van der Waals surface area contributed by atoms with Gasteiger partial charge < -0.3 is 9.88 Å². The second kappa shape index (κ2) is 4.64. The second-order valence-electron chi connectivity index (χ2n) is 3.47. The maximum Gasteiger partial charge on any atom is 0.0949 e. The van der Waals surface area contributed by atoms with Gasteiger partial charge in [-0.1, -0.05) is 12.1 Å². The summed E-state index contributed by atoms with van der Waals surface area (Å²) in [6.45, 7) is 3.93. The highest BCUT2D eigenvalue weighted by molar-refractivity contribution is 5.45. The second-order valence-corrected chi connectivity index (χ2v) is 3.47. The summed E-state index contributed by atoms with van der Waals surface area (Å²) >= 11 is 0. The van der Waals surface area contributed by atoms with E-state index in [9.17, 15) is 0 Å². The van der Waals surface area contributed by atoms with E-state index in [2.05, 4.69) is 46.1 Å². The third kappa shape index (κ3) is 2.59. The Bertz CT molecular complexity index is 407. The molecule has 78 valence electrons. The van der Waals surface area contributed by atoms with Gasteiger partial charge in [0.05, 0.1) is 6.33 Å². The predicted molar refractivity (Wildman–Crippen MR) is 61.9 cm³/mol. The maximum absolute atomic E-state index is 4.02. The zero-order valence-corrected chi connectivity index (χ0v) is 8.85. The molecule has 0 saturated carbocycles. The minimum atomic E-state index is 0.874. The molecule has 3 heteroatoms. The molecule has 0 aliphatic rings. The van der Waals surface area contributed by atoms with Crippen molar-refractivity contribution in [3.05, 3.63) is 48.5 Å². The van der Waals surface area contributed by atoms with Crippen LogP contribution >= 0.6 is 0 Å². The van der Waals surface area contributed by atoms with Gasteiger partial charge in [-0.15, -0.1) is 0 Å². The number of hydrogen-bond donors (Lipinski definition) is 1. The lowest BCUT2D eigenvalue weighted by atomic mass is 10.2. The SMILES string of the molecule is CCNc1cccc(Cn2ccnc2)c1. The van der Waals surface area contributed by atoms with Crippen LogP contribution in [0.2, 0.25) is 0 Å². The molecule has 2 rings (SSSR count). The lowest BCUT2D eigenvalue weighted by molar-refractivity contribution is 0.797. The zero-order chi connectivity index (χ0) is 10.5. The van der Waals surface area contributed by atoms with Gasteiger partial charge in [0.1, 0.15) is 0 Å². The van der Waals surface area contributed by atoms with E-state index in [0.717, 1.165) is 13.1 Å². The van der Waals surface area contributed by atoms with Crippen molar-refractivity contribution in [3.63, 3.8) is 0 Å². The number of imidazole rings is 1. The summed E-state index contributed by atoms with van der Waals surface area (Å²) in [5.41, 5.74) is 2.46. The summed E-state index contributed by atoms with van der Waals surface area (Å²) in [6.07, 6.45) is 5.61. The number of nitrogens with one attached hydrogen (secondary N) is 1. The van der Waals surface area contributed by atoms with Gasteiger partial charge in [0.2, 0.25) is 0 Å². The van der Waals surface area contributed by atoms with E-state index in [0.29, 0.717) is 0 Å². The molecular formula is C12H15N3. The Labute approximate surface area is 89.8 Å². The van der Waals surface area contributed by atoms with Gasteiger partial charge >= 0.3 is 0 Å². The predicted octanol–water partition coefficient (Wildman–Crippen LogP) is 2.36. The van der Waals surface area contributed by atoms with Gasteiger partial charge in [-0.05, 0) is 24.6 Å². The quantitative estimate of drug-likeness (QED) is 0.823. The summed E-state index contributed by atoms with van der Waals surface area (Å²) in [7, 11) is 0. The molecule has 0 aliphatic carbocycles. The van der Waals surface area contributed by atoms with Crippen LogP contribution in [0.25, 0.3) is 0 Å². The lowest BCUT2D eigenvalue weighted by Gasteiger charge is -2.06. The third-order valence-corrected chi connectivity index (χ3v) is 2.23. The van der Waals surface area contributed by atoms with Crippen LogP contribution < -0.4 is 5.32 Å². The molecule has 3 nitrogen and oxygen atoms in total. The average molecular weight is 201 g/mol. The Hall–Kier alpha value is -1.77. The fourth-order valence-corrected chi connectivity index (χ4v) is 1.57. The van der Waals surface area contributed by atoms with Crippen molar-refractivity contribution in [2.24, 2.45) is 0 Å². The van der Waals surface area contributed by atoms with Crippen molar-refractivity contribution < 1.29 is 0 Å². The van der Waals surface area contributed by atoms with Gasteiger partial charge in [0.15, 0.2) is 0 Å². The average Bonchev–Trinajstić information content (AvgIpc) is 2.71. The van der Waals surface area contributed by atoms with Crippen molar-refractivity contribution in [3.8, 4) is 0 Å². The van der Waals surface area contributed by atoms with Crippen LogP contribution in [0.15, 0.2) is 43.0 Å². The molecule has 1 aromatic carbocycles. The lowest BCUT2D eigenvalue weighted by Crippen LogP contribution is -1.99. The summed E-state index contributed by atoms with van der Waals surface area (Å²) in [5.74, 6) is 0. The molecule has 0 amide bonds. The Morgan fingerprint density at radius 2 is 2.33 bits per heavy atom. The summed E-state index contributed by atoms with van der Waals surface area (Å²) < 4.78 is 2.06. The third-order valence-electron chi connectivity index (χ3n) is 2.23. The number of nitrogens with zero attached hydrogens (tertiary/aromatic N) is 2. The minimum absolute atomic E-state index is 0.874. The molecule has 0 radical (unpaired) electrons. The zero-order valence-electron chi connectivity index (χ0n) is 8.85. The van der Waals surface area contributed by atoms with E-state index in [1.807, 2.05) is 12.5 Å². The first-order valence-corrected chi connectivity index (χ1v) is 5.17. The van der Waals surface area contributed by atoms with Crippen LogP contribution in [0.1, 0.15) is 12.5 Å². The van der Waals surface area contributed by atoms with Gasteiger partial charge in [-0.25, -0.2) is 4.98 Å². The molecule has 0 spiro atoms. The minimum Gasteiger partial charge on any atom is -0.385 e. The van der Waals surface area contributed by atoms with E-state index < -0.39 is 0 Å². The highest BCUT2D eigenvalue weighted by Gasteiger charge is 1.96. The molecule has 0 atom stereocenters. The van der Waals surface area contributed by atoms with Crippen molar-refractivity contribution >= 4 is 5.69 Å². The Morgan fingerprint density at radius 3 is 3.07 bits per heavy atom. The topological polar surface area (TPSA) is 29.9 Å². The van der Waals surface area contributed by atoms with Crippen molar-refractivity contribution in [2.75, 3.05) is 11.9 Å². The number of anilines is 1. The molecule has 0 bridgehead atoms. The fourth-order valence-electron chi connectivity index (χ4n) is 1.57. The van der Waals surface area contributed by atoms with Crippen LogP contribution in [-0.2, 0) is 6.54 Å². The van der Waals surface area contributed by atoms with Crippen LogP contribution in [0.3, 0.4) is 0 Å². The van der Waals surface area contributed by atoms with Gasteiger partial charge in [0, 0.05) is 31.2 Å². The van der Waals surface area contributed by atoms with Gasteiger partial charge in [-0.2, -0.15) is 0 Å². The number of benzene rings is 1. The van der Waals surface area contributed by atoms with Crippen LogP contribution in [0.5, 0.6) is 0 Å². The van der Waals surface area contributed by atoms with E-state index in [1.54, 1.807) is 6.20 Å². The van der Waals surface area contributed by atoms with Crippen molar-refractivity contribution in [1.82, 2.24) is 9.55 Å². The molecule has 0 aliphatic heterocycles.